The van der Waals surface area contributed by atoms with Gasteiger partial charge in [-0.3, -0.25) is 19.8 Å². The van der Waals surface area contributed by atoms with Crippen molar-refractivity contribution in [1.82, 2.24) is 10.2 Å². The molecule has 2 atom stereocenters. The van der Waals surface area contributed by atoms with Crippen LogP contribution in [0.3, 0.4) is 0 Å². The number of rotatable bonds is 4. The molecule has 1 fully saturated rings. The fourth-order valence-electron chi connectivity index (χ4n) is 3.03. The molecule has 0 bridgehead atoms. The molecule has 0 saturated carbocycles. The monoisotopic (exact) mass is 349 g/mol. The largest absolute Gasteiger partial charge is 0.433 e. The number of likely N-dealkylation sites (tertiary alicyclic amines) is 1. The summed E-state index contributed by atoms with van der Waals surface area (Å²) >= 11 is 5.93. The highest BCUT2D eigenvalue weighted by Gasteiger charge is 2.34. The van der Waals surface area contributed by atoms with Gasteiger partial charge in [0.25, 0.3) is 5.91 Å². The summed E-state index contributed by atoms with van der Waals surface area (Å²) in [5.41, 5.74) is 1.05. The Bertz CT molecular complexity index is 759. The van der Waals surface area contributed by atoms with Gasteiger partial charge in [-0.05, 0) is 37.2 Å². The first-order valence-electron chi connectivity index (χ1n) is 7.46. The predicted molar refractivity (Wildman–Crippen MR) is 88.1 cm³/mol. The average molecular weight is 350 g/mol. The van der Waals surface area contributed by atoms with E-state index in [4.69, 9.17) is 16.0 Å². The summed E-state index contributed by atoms with van der Waals surface area (Å²) in [4.78, 5) is 24.4. The summed E-state index contributed by atoms with van der Waals surface area (Å²) in [6.07, 6.45) is 0.776. The molecular weight excluding hydrogens is 334 g/mol. The van der Waals surface area contributed by atoms with Crippen molar-refractivity contribution in [2.24, 2.45) is 0 Å². The molecule has 2 heterocycles. The van der Waals surface area contributed by atoms with E-state index in [-0.39, 0.29) is 17.8 Å². The Morgan fingerprint density at radius 3 is 2.67 bits per heavy atom. The van der Waals surface area contributed by atoms with E-state index in [0.29, 0.717) is 5.02 Å². The molecule has 7 nitrogen and oxygen atoms in total. The van der Waals surface area contributed by atoms with Crippen molar-refractivity contribution >= 4 is 23.4 Å². The number of likely N-dealkylation sites (N-methyl/N-ethyl adjacent to an activating group) is 1. The Hall–Kier alpha value is -2.38. The minimum absolute atomic E-state index is 0.0103. The Kier molecular flexibility index (Phi) is 4.55. The lowest BCUT2D eigenvalue weighted by atomic mass is 10.00. The Morgan fingerprint density at radius 1 is 1.33 bits per heavy atom. The molecule has 2 aromatic rings. The number of carbonyl (C=O) groups excluding carboxylic acids is 1. The van der Waals surface area contributed by atoms with Crippen LogP contribution in [0, 0.1) is 10.1 Å². The molecular formula is C16H16ClN3O4. The summed E-state index contributed by atoms with van der Waals surface area (Å²) in [6.45, 7) is 0.830. The molecule has 1 aliphatic heterocycles. The first-order chi connectivity index (χ1) is 11.5. The van der Waals surface area contributed by atoms with Gasteiger partial charge in [0.2, 0.25) is 0 Å². The van der Waals surface area contributed by atoms with Crippen molar-refractivity contribution in [3.05, 3.63) is 62.9 Å². The van der Waals surface area contributed by atoms with Gasteiger partial charge in [-0.25, -0.2) is 0 Å². The van der Waals surface area contributed by atoms with Crippen LogP contribution in [0.25, 0.3) is 0 Å². The molecule has 1 N–H and O–H groups in total. The molecule has 0 aliphatic carbocycles. The molecule has 3 rings (SSSR count). The van der Waals surface area contributed by atoms with Gasteiger partial charge in [-0.1, -0.05) is 23.7 Å². The zero-order valence-corrected chi connectivity index (χ0v) is 13.7. The highest BCUT2D eigenvalue weighted by Crippen LogP contribution is 2.32. The molecule has 1 saturated heterocycles. The Morgan fingerprint density at radius 2 is 2.04 bits per heavy atom. The van der Waals surface area contributed by atoms with E-state index in [1.165, 1.54) is 12.1 Å². The number of halogens is 1. The lowest BCUT2D eigenvalue weighted by molar-refractivity contribution is -0.402. The van der Waals surface area contributed by atoms with Crippen molar-refractivity contribution < 1.29 is 14.1 Å². The zero-order chi connectivity index (χ0) is 17.3. The van der Waals surface area contributed by atoms with Crippen molar-refractivity contribution in [2.45, 2.75) is 18.5 Å². The number of hydrogen-bond acceptors (Lipinski definition) is 5. The maximum absolute atomic E-state index is 12.3. The highest BCUT2D eigenvalue weighted by molar-refractivity contribution is 6.30. The smallest absolute Gasteiger partial charge is 0.395 e. The number of nitrogens with one attached hydrogen (secondary N) is 1. The minimum Gasteiger partial charge on any atom is -0.395 e. The van der Waals surface area contributed by atoms with Crippen LogP contribution in [0.15, 0.2) is 40.8 Å². The number of nitro groups is 1. The maximum atomic E-state index is 12.3. The van der Waals surface area contributed by atoms with Gasteiger partial charge in [0, 0.05) is 11.6 Å². The van der Waals surface area contributed by atoms with Crippen LogP contribution in [0.2, 0.25) is 5.02 Å². The van der Waals surface area contributed by atoms with E-state index >= 15 is 0 Å². The Labute approximate surface area is 143 Å². The van der Waals surface area contributed by atoms with Crippen molar-refractivity contribution in [3.8, 4) is 0 Å². The normalized spacial score (nSPS) is 20.9. The summed E-state index contributed by atoms with van der Waals surface area (Å²) in [6, 6.07) is 9.88. The van der Waals surface area contributed by atoms with E-state index in [2.05, 4.69) is 10.2 Å². The topological polar surface area (TPSA) is 88.6 Å². The summed E-state index contributed by atoms with van der Waals surface area (Å²) in [5, 5.41) is 14.2. The maximum Gasteiger partial charge on any atom is 0.433 e. The predicted octanol–water partition coefficient (Wildman–Crippen LogP) is 3.02. The van der Waals surface area contributed by atoms with Crippen LogP contribution in [-0.4, -0.2) is 35.4 Å². The molecule has 2 unspecified atom stereocenters. The molecule has 0 radical (unpaired) electrons. The second-order valence-electron chi connectivity index (χ2n) is 5.74. The third kappa shape index (κ3) is 3.27. The summed E-state index contributed by atoms with van der Waals surface area (Å²) < 4.78 is 4.96. The number of amides is 1. The number of benzene rings is 1. The van der Waals surface area contributed by atoms with Crippen LogP contribution >= 0.6 is 11.6 Å². The molecule has 24 heavy (non-hydrogen) atoms. The Balaban J connectivity index is 1.76. The number of carbonyl (C=O) groups is 1. The van der Waals surface area contributed by atoms with E-state index in [9.17, 15) is 14.9 Å². The van der Waals surface area contributed by atoms with Gasteiger partial charge in [-0.2, -0.15) is 0 Å². The SMILES string of the molecule is CN1CCC(NC(=O)c2ccc([N+](=O)[O-])o2)C1c1ccc(Cl)cc1. The minimum atomic E-state index is -0.670. The molecule has 1 aromatic carbocycles. The lowest BCUT2D eigenvalue weighted by Crippen LogP contribution is -2.38. The van der Waals surface area contributed by atoms with Gasteiger partial charge in [0.05, 0.1) is 18.2 Å². The first-order valence-corrected chi connectivity index (χ1v) is 7.84. The molecule has 8 heteroatoms. The number of hydrogen-bond donors (Lipinski definition) is 1. The quantitative estimate of drug-likeness (QED) is 0.677. The fraction of sp³-hybridized carbons (Fsp3) is 0.312. The van der Waals surface area contributed by atoms with E-state index in [0.717, 1.165) is 18.5 Å². The van der Waals surface area contributed by atoms with Gasteiger partial charge >= 0.3 is 5.88 Å². The van der Waals surface area contributed by atoms with Crippen LogP contribution in [-0.2, 0) is 0 Å². The highest BCUT2D eigenvalue weighted by atomic mass is 35.5. The van der Waals surface area contributed by atoms with Gasteiger partial charge < -0.3 is 9.73 Å². The fourth-order valence-corrected chi connectivity index (χ4v) is 3.16. The third-order valence-corrected chi connectivity index (χ3v) is 4.42. The number of nitrogens with zero attached hydrogens (tertiary/aromatic N) is 2. The standard InChI is InChI=1S/C16H16ClN3O4/c1-19-9-8-12(15(19)10-2-4-11(17)5-3-10)18-16(21)13-6-7-14(24-13)20(22)23/h2-7,12,15H,8-9H2,1H3,(H,18,21). The zero-order valence-electron chi connectivity index (χ0n) is 12.9. The van der Waals surface area contributed by atoms with Crippen LogP contribution < -0.4 is 5.32 Å². The lowest BCUT2D eigenvalue weighted by Gasteiger charge is -2.26. The second-order valence-corrected chi connectivity index (χ2v) is 6.18. The summed E-state index contributed by atoms with van der Waals surface area (Å²) in [5.74, 6) is -0.966. The van der Waals surface area contributed by atoms with Crippen molar-refractivity contribution in [3.63, 3.8) is 0 Å². The third-order valence-electron chi connectivity index (χ3n) is 4.17. The van der Waals surface area contributed by atoms with Crippen LogP contribution in [0.4, 0.5) is 5.88 Å². The molecule has 0 spiro atoms. The molecule has 1 amide bonds. The molecule has 126 valence electrons. The molecule has 1 aliphatic rings. The van der Waals surface area contributed by atoms with Gasteiger partial charge in [-0.15, -0.1) is 0 Å². The number of furan rings is 1. The van der Waals surface area contributed by atoms with Crippen LogP contribution in [0.1, 0.15) is 28.6 Å². The average Bonchev–Trinajstić information content (AvgIpc) is 3.16. The van der Waals surface area contributed by atoms with Gasteiger partial charge in [0.15, 0.2) is 5.76 Å². The summed E-state index contributed by atoms with van der Waals surface area (Å²) in [7, 11) is 1.99. The van der Waals surface area contributed by atoms with Gasteiger partial charge in [0.1, 0.15) is 4.92 Å². The molecule has 1 aromatic heterocycles. The van der Waals surface area contributed by atoms with Crippen LogP contribution in [0.5, 0.6) is 0 Å². The van der Waals surface area contributed by atoms with E-state index < -0.39 is 16.7 Å². The van der Waals surface area contributed by atoms with E-state index in [1.807, 2.05) is 31.3 Å². The van der Waals surface area contributed by atoms with Crippen molar-refractivity contribution in [2.75, 3.05) is 13.6 Å². The van der Waals surface area contributed by atoms with E-state index in [1.54, 1.807) is 0 Å². The second kappa shape index (κ2) is 6.62. The van der Waals surface area contributed by atoms with Crippen molar-refractivity contribution in [1.29, 1.82) is 0 Å². The first kappa shape index (κ1) is 16.5.